The van der Waals surface area contributed by atoms with Crippen LogP contribution in [-0.2, 0) is 0 Å². The Morgan fingerprint density at radius 2 is 2.13 bits per heavy atom. The lowest BCUT2D eigenvalue weighted by Crippen LogP contribution is -2.43. The minimum Gasteiger partial charge on any atom is -0.354 e. The van der Waals surface area contributed by atoms with Crippen LogP contribution in [0.15, 0.2) is 23.0 Å². The van der Waals surface area contributed by atoms with E-state index >= 15 is 0 Å². The molecule has 0 amide bonds. The van der Waals surface area contributed by atoms with E-state index in [1.165, 1.54) is 10.8 Å². The molecular weight excluding hydrogens is 206 g/mol. The molecule has 0 radical (unpaired) electrons. The average molecular weight is 219 g/mol. The van der Waals surface area contributed by atoms with Crippen LogP contribution in [0.25, 0.3) is 10.8 Å². The number of pyridine rings is 1. The summed E-state index contributed by atoms with van der Waals surface area (Å²) in [5, 5.41) is 10.3. The van der Waals surface area contributed by atoms with E-state index in [1.807, 2.05) is 6.20 Å². The van der Waals surface area contributed by atoms with Crippen molar-refractivity contribution in [3.63, 3.8) is 0 Å². The Bertz CT molecular complexity index is 460. The summed E-state index contributed by atoms with van der Waals surface area (Å²) in [7, 11) is 0. The number of nitrogens with zero attached hydrogens (tertiary/aromatic N) is 2. The highest BCUT2D eigenvalue weighted by atomic mass is 32.1. The van der Waals surface area contributed by atoms with E-state index in [4.69, 9.17) is 0 Å². The number of hydrogen-bond acceptors (Lipinski definition) is 4. The number of fused-ring (bicyclic) bond motifs is 1. The molecule has 3 heterocycles. The molecule has 0 saturated carbocycles. The zero-order valence-corrected chi connectivity index (χ0v) is 9.26. The summed E-state index contributed by atoms with van der Waals surface area (Å²) in [6.07, 6.45) is 1.91. The molecule has 78 valence electrons. The molecule has 2 aromatic rings. The Morgan fingerprint density at radius 1 is 1.27 bits per heavy atom. The smallest absolute Gasteiger partial charge is 0.137 e. The lowest BCUT2D eigenvalue weighted by molar-refractivity contribution is 0.586. The van der Waals surface area contributed by atoms with Gasteiger partial charge < -0.3 is 10.2 Å². The molecule has 1 aliphatic heterocycles. The maximum absolute atomic E-state index is 4.51. The van der Waals surface area contributed by atoms with E-state index in [2.05, 4.69) is 32.0 Å². The number of anilines is 1. The zero-order valence-electron chi connectivity index (χ0n) is 8.44. The second-order valence-electron chi connectivity index (χ2n) is 3.75. The minimum atomic E-state index is 1.06. The van der Waals surface area contributed by atoms with Crippen LogP contribution in [0.1, 0.15) is 0 Å². The van der Waals surface area contributed by atoms with Crippen LogP contribution in [0.3, 0.4) is 0 Å². The predicted octanol–water partition coefficient (Wildman–Crippen LogP) is 1.71. The molecule has 15 heavy (non-hydrogen) atoms. The third-order valence-corrected chi connectivity index (χ3v) is 3.56. The van der Waals surface area contributed by atoms with Crippen LogP contribution in [-0.4, -0.2) is 31.2 Å². The third kappa shape index (κ3) is 1.60. The fourth-order valence-electron chi connectivity index (χ4n) is 2.00. The Morgan fingerprint density at radius 3 is 3.00 bits per heavy atom. The number of piperazine rings is 1. The van der Waals surface area contributed by atoms with Crippen LogP contribution in [0, 0.1) is 0 Å². The number of hydrogen-bond donors (Lipinski definition) is 1. The van der Waals surface area contributed by atoms with Crippen LogP contribution < -0.4 is 10.2 Å². The highest BCUT2D eigenvalue weighted by Crippen LogP contribution is 2.27. The normalized spacial score (nSPS) is 17.2. The fourth-order valence-corrected chi connectivity index (χ4v) is 2.80. The van der Waals surface area contributed by atoms with Gasteiger partial charge >= 0.3 is 0 Å². The van der Waals surface area contributed by atoms with Crippen LogP contribution in [0.2, 0.25) is 0 Å². The summed E-state index contributed by atoms with van der Waals surface area (Å²) in [6.45, 7) is 4.23. The van der Waals surface area contributed by atoms with E-state index in [-0.39, 0.29) is 0 Å². The van der Waals surface area contributed by atoms with Gasteiger partial charge in [-0.1, -0.05) is 0 Å². The van der Waals surface area contributed by atoms with Gasteiger partial charge in [-0.15, -0.1) is 0 Å². The minimum absolute atomic E-state index is 1.06. The summed E-state index contributed by atoms with van der Waals surface area (Å²) >= 11 is 1.75. The molecule has 0 spiro atoms. The van der Waals surface area contributed by atoms with Crippen molar-refractivity contribution in [2.75, 3.05) is 31.1 Å². The van der Waals surface area contributed by atoms with Crippen LogP contribution in [0.5, 0.6) is 0 Å². The van der Waals surface area contributed by atoms with Crippen molar-refractivity contribution in [3.05, 3.63) is 23.0 Å². The van der Waals surface area contributed by atoms with Gasteiger partial charge in [0.05, 0.1) is 0 Å². The van der Waals surface area contributed by atoms with Crippen molar-refractivity contribution < 1.29 is 0 Å². The molecule has 1 saturated heterocycles. The number of aromatic nitrogens is 1. The number of rotatable bonds is 1. The molecule has 1 fully saturated rings. The second-order valence-corrected chi connectivity index (χ2v) is 4.49. The van der Waals surface area contributed by atoms with Crippen LogP contribution in [0.4, 0.5) is 5.82 Å². The van der Waals surface area contributed by atoms with Crippen molar-refractivity contribution in [2.45, 2.75) is 0 Å². The van der Waals surface area contributed by atoms with E-state index in [9.17, 15) is 0 Å². The van der Waals surface area contributed by atoms with Crippen molar-refractivity contribution in [3.8, 4) is 0 Å². The van der Waals surface area contributed by atoms with Gasteiger partial charge in [0, 0.05) is 43.1 Å². The molecular formula is C11H13N3S. The molecule has 4 heteroatoms. The first kappa shape index (κ1) is 9.12. The summed E-state index contributed by atoms with van der Waals surface area (Å²) < 4.78 is 0. The van der Waals surface area contributed by atoms with Crippen molar-refractivity contribution >= 4 is 27.9 Å². The molecule has 0 aromatic carbocycles. The maximum atomic E-state index is 4.51. The second kappa shape index (κ2) is 3.79. The van der Waals surface area contributed by atoms with Crippen molar-refractivity contribution in [2.24, 2.45) is 0 Å². The molecule has 0 bridgehead atoms. The van der Waals surface area contributed by atoms with E-state index < -0.39 is 0 Å². The van der Waals surface area contributed by atoms with Crippen LogP contribution >= 0.6 is 11.3 Å². The average Bonchev–Trinajstić information content (AvgIpc) is 2.78. The number of thiophene rings is 1. The van der Waals surface area contributed by atoms with Gasteiger partial charge in [0.2, 0.25) is 0 Å². The first-order chi connectivity index (χ1) is 7.45. The fraction of sp³-hybridized carbons (Fsp3) is 0.364. The Labute approximate surface area is 92.7 Å². The van der Waals surface area contributed by atoms with Crippen molar-refractivity contribution in [1.82, 2.24) is 10.3 Å². The standard InChI is InChI=1S/C11H13N3S/c1-2-13-11(10-8-15-7-9(1)10)14-5-3-12-4-6-14/h1-2,7-8,12H,3-6H2. The lowest BCUT2D eigenvalue weighted by atomic mass is 10.2. The molecule has 3 rings (SSSR count). The maximum Gasteiger partial charge on any atom is 0.137 e. The topological polar surface area (TPSA) is 28.2 Å². The van der Waals surface area contributed by atoms with Crippen molar-refractivity contribution in [1.29, 1.82) is 0 Å². The molecule has 0 atom stereocenters. The predicted molar refractivity (Wildman–Crippen MR) is 64.7 cm³/mol. The molecule has 0 unspecified atom stereocenters. The van der Waals surface area contributed by atoms with E-state index in [1.54, 1.807) is 11.3 Å². The molecule has 2 aromatic heterocycles. The summed E-state index contributed by atoms with van der Waals surface area (Å²) in [5.74, 6) is 1.15. The van der Waals surface area contributed by atoms with Gasteiger partial charge in [0.25, 0.3) is 0 Å². The van der Waals surface area contributed by atoms with Gasteiger partial charge in [-0.3, -0.25) is 0 Å². The largest absolute Gasteiger partial charge is 0.354 e. The Kier molecular flexibility index (Phi) is 2.31. The first-order valence-corrected chi connectivity index (χ1v) is 6.16. The van der Waals surface area contributed by atoms with Gasteiger partial charge in [0.15, 0.2) is 0 Å². The Balaban J connectivity index is 2.05. The zero-order chi connectivity index (χ0) is 10.1. The van der Waals surface area contributed by atoms with E-state index in [0.717, 1.165) is 32.0 Å². The highest BCUT2D eigenvalue weighted by Gasteiger charge is 2.14. The Hall–Kier alpha value is -1.13. The molecule has 1 aliphatic rings. The van der Waals surface area contributed by atoms with Gasteiger partial charge in [-0.05, 0) is 16.8 Å². The highest BCUT2D eigenvalue weighted by molar-refractivity contribution is 7.09. The van der Waals surface area contributed by atoms with Gasteiger partial charge in [-0.2, -0.15) is 11.3 Å². The SMILES string of the molecule is c1cc2cscc2c(N2CCNCC2)n1. The summed E-state index contributed by atoms with van der Waals surface area (Å²) in [4.78, 5) is 6.87. The third-order valence-electron chi connectivity index (χ3n) is 2.80. The number of nitrogens with one attached hydrogen (secondary N) is 1. The van der Waals surface area contributed by atoms with E-state index in [0.29, 0.717) is 0 Å². The molecule has 0 aliphatic carbocycles. The first-order valence-electron chi connectivity index (χ1n) is 5.22. The quantitative estimate of drug-likeness (QED) is 0.791. The lowest BCUT2D eigenvalue weighted by Gasteiger charge is -2.28. The monoisotopic (exact) mass is 219 g/mol. The summed E-state index contributed by atoms with van der Waals surface area (Å²) in [6, 6.07) is 2.08. The molecule has 3 nitrogen and oxygen atoms in total. The summed E-state index contributed by atoms with van der Waals surface area (Å²) in [5.41, 5.74) is 0. The molecule has 1 N–H and O–H groups in total. The van der Waals surface area contributed by atoms with Gasteiger partial charge in [-0.25, -0.2) is 4.98 Å². The van der Waals surface area contributed by atoms with Gasteiger partial charge in [0.1, 0.15) is 5.82 Å².